The van der Waals surface area contributed by atoms with Crippen LogP contribution >= 0.6 is 11.3 Å². The fourth-order valence-electron chi connectivity index (χ4n) is 1.98. The number of hydrogen-bond donors (Lipinski definition) is 2. The van der Waals surface area contributed by atoms with Gasteiger partial charge in [-0.1, -0.05) is 6.07 Å². The van der Waals surface area contributed by atoms with Gasteiger partial charge in [0, 0.05) is 29.9 Å². The summed E-state index contributed by atoms with van der Waals surface area (Å²) in [7, 11) is 0. The SMILES string of the molecule is CC(Cc1cccs1)NCC1CCC(=O)N1. The summed E-state index contributed by atoms with van der Waals surface area (Å²) in [5.41, 5.74) is 0. The molecule has 1 saturated heterocycles. The fraction of sp³-hybridized carbons (Fsp3) is 0.583. The fourth-order valence-corrected chi connectivity index (χ4v) is 2.81. The first-order valence-corrected chi connectivity index (χ1v) is 6.67. The smallest absolute Gasteiger partial charge is 0.220 e. The van der Waals surface area contributed by atoms with E-state index in [1.165, 1.54) is 4.88 Å². The van der Waals surface area contributed by atoms with E-state index >= 15 is 0 Å². The molecule has 88 valence electrons. The molecule has 2 rings (SSSR count). The van der Waals surface area contributed by atoms with Crippen LogP contribution in [0.15, 0.2) is 17.5 Å². The van der Waals surface area contributed by atoms with Gasteiger partial charge in [0.25, 0.3) is 0 Å². The summed E-state index contributed by atoms with van der Waals surface area (Å²) in [6.07, 6.45) is 2.72. The second kappa shape index (κ2) is 5.46. The van der Waals surface area contributed by atoms with Crippen molar-refractivity contribution in [1.29, 1.82) is 0 Å². The highest BCUT2D eigenvalue weighted by Gasteiger charge is 2.20. The van der Waals surface area contributed by atoms with Gasteiger partial charge in [0.15, 0.2) is 0 Å². The Kier molecular flexibility index (Phi) is 3.96. The van der Waals surface area contributed by atoms with Gasteiger partial charge < -0.3 is 10.6 Å². The lowest BCUT2D eigenvalue weighted by molar-refractivity contribution is -0.119. The van der Waals surface area contributed by atoms with E-state index in [1.54, 1.807) is 11.3 Å². The Hall–Kier alpha value is -0.870. The Morgan fingerprint density at radius 2 is 2.56 bits per heavy atom. The molecule has 0 spiro atoms. The zero-order valence-electron chi connectivity index (χ0n) is 9.53. The highest BCUT2D eigenvalue weighted by Crippen LogP contribution is 2.11. The molecule has 1 fully saturated rings. The third-order valence-electron chi connectivity index (χ3n) is 2.89. The number of thiophene rings is 1. The second-order valence-corrected chi connectivity index (χ2v) is 5.43. The summed E-state index contributed by atoms with van der Waals surface area (Å²) in [5, 5.41) is 8.55. The van der Waals surface area contributed by atoms with Crippen LogP contribution in [0.4, 0.5) is 0 Å². The average Bonchev–Trinajstić information content (AvgIpc) is 2.87. The van der Waals surface area contributed by atoms with Crippen molar-refractivity contribution in [2.75, 3.05) is 6.54 Å². The van der Waals surface area contributed by atoms with Crippen molar-refractivity contribution in [2.24, 2.45) is 0 Å². The van der Waals surface area contributed by atoms with E-state index in [9.17, 15) is 4.79 Å². The quantitative estimate of drug-likeness (QED) is 0.817. The topological polar surface area (TPSA) is 41.1 Å². The maximum Gasteiger partial charge on any atom is 0.220 e. The van der Waals surface area contributed by atoms with Gasteiger partial charge in [-0.25, -0.2) is 0 Å². The summed E-state index contributed by atoms with van der Waals surface area (Å²) in [4.78, 5) is 12.4. The largest absolute Gasteiger partial charge is 0.352 e. The summed E-state index contributed by atoms with van der Waals surface area (Å²) in [5.74, 6) is 0.192. The molecule has 16 heavy (non-hydrogen) atoms. The molecule has 1 aromatic heterocycles. The standard InChI is InChI=1S/C12H18N2OS/c1-9(7-11-3-2-6-16-11)13-8-10-4-5-12(15)14-10/h2-3,6,9-10,13H,4-5,7-8H2,1H3,(H,14,15). The van der Waals surface area contributed by atoms with Crippen LogP contribution in [0.1, 0.15) is 24.6 Å². The van der Waals surface area contributed by atoms with Gasteiger partial charge in [-0.2, -0.15) is 0 Å². The molecule has 2 N–H and O–H groups in total. The first-order valence-electron chi connectivity index (χ1n) is 5.79. The predicted molar refractivity (Wildman–Crippen MR) is 66.7 cm³/mol. The molecular weight excluding hydrogens is 220 g/mol. The van der Waals surface area contributed by atoms with Crippen molar-refractivity contribution in [3.05, 3.63) is 22.4 Å². The van der Waals surface area contributed by atoms with E-state index in [0.717, 1.165) is 19.4 Å². The second-order valence-electron chi connectivity index (χ2n) is 4.40. The van der Waals surface area contributed by atoms with Gasteiger partial charge >= 0.3 is 0 Å². The van der Waals surface area contributed by atoms with Crippen LogP contribution in [-0.4, -0.2) is 24.5 Å². The lowest BCUT2D eigenvalue weighted by atomic mass is 10.2. The highest BCUT2D eigenvalue weighted by molar-refractivity contribution is 7.09. The zero-order chi connectivity index (χ0) is 11.4. The molecule has 0 radical (unpaired) electrons. The third kappa shape index (κ3) is 3.32. The van der Waals surface area contributed by atoms with Crippen molar-refractivity contribution in [1.82, 2.24) is 10.6 Å². The van der Waals surface area contributed by atoms with Crippen LogP contribution in [0.25, 0.3) is 0 Å². The molecule has 0 aliphatic carbocycles. The Labute approximate surface area is 100 Å². The van der Waals surface area contributed by atoms with E-state index in [1.807, 2.05) is 0 Å². The number of carbonyl (C=O) groups is 1. The van der Waals surface area contributed by atoms with E-state index < -0.39 is 0 Å². The molecule has 4 heteroatoms. The predicted octanol–water partition coefficient (Wildman–Crippen LogP) is 1.55. The molecule has 0 saturated carbocycles. The molecule has 2 heterocycles. The molecule has 2 atom stereocenters. The van der Waals surface area contributed by atoms with Crippen molar-refractivity contribution < 1.29 is 4.79 Å². The lowest BCUT2D eigenvalue weighted by Crippen LogP contribution is -2.40. The zero-order valence-corrected chi connectivity index (χ0v) is 10.3. The van der Waals surface area contributed by atoms with E-state index in [-0.39, 0.29) is 5.91 Å². The van der Waals surface area contributed by atoms with Crippen molar-refractivity contribution in [3.8, 4) is 0 Å². The van der Waals surface area contributed by atoms with Gasteiger partial charge in [0.2, 0.25) is 5.91 Å². The van der Waals surface area contributed by atoms with Crippen molar-refractivity contribution in [2.45, 2.75) is 38.3 Å². The highest BCUT2D eigenvalue weighted by atomic mass is 32.1. The minimum absolute atomic E-state index is 0.192. The first-order chi connectivity index (χ1) is 7.74. The minimum Gasteiger partial charge on any atom is -0.352 e. The van der Waals surface area contributed by atoms with Gasteiger partial charge in [-0.05, 0) is 31.2 Å². The Morgan fingerprint density at radius 1 is 1.69 bits per heavy atom. The van der Waals surface area contributed by atoms with Crippen LogP contribution in [0.5, 0.6) is 0 Å². The molecule has 1 aliphatic rings. The monoisotopic (exact) mass is 238 g/mol. The van der Waals surface area contributed by atoms with Crippen LogP contribution in [-0.2, 0) is 11.2 Å². The van der Waals surface area contributed by atoms with Crippen LogP contribution in [0.2, 0.25) is 0 Å². The molecule has 2 unspecified atom stereocenters. The maximum atomic E-state index is 11.0. The molecule has 1 aromatic rings. The number of carbonyl (C=O) groups excluding carboxylic acids is 1. The molecule has 1 amide bonds. The minimum atomic E-state index is 0.192. The van der Waals surface area contributed by atoms with Crippen LogP contribution < -0.4 is 10.6 Å². The lowest BCUT2D eigenvalue weighted by Gasteiger charge is -2.16. The number of hydrogen-bond acceptors (Lipinski definition) is 3. The normalized spacial score (nSPS) is 22.1. The molecule has 0 aromatic carbocycles. The van der Waals surface area contributed by atoms with Crippen molar-refractivity contribution >= 4 is 17.2 Å². The average molecular weight is 238 g/mol. The van der Waals surface area contributed by atoms with Gasteiger partial charge in [-0.15, -0.1) is 11.3 Å². The summed E-state index contributed by atoms with van der Waals surface area (Å²) in [6.45, 7) is 3.08. The summed E-state index contributed by atoms with van der Waals surface area (Å²) >= 11 is 1.80. The van der Waals surface area contributed by atoms with Crippen LogP contribution in [0, 0.1) is 0 Å². The van der Waals surface area contributed by atoms with Gasteiger partial charge in [0.05, 0.1) is 0 Å². The third-order valence-corrected chi connectivity index (χ3v) is 3.78. The van der Waals surface area contributed by atoms with Crippen molar-refractivity contribution in [3.63, 3.8) is 0 Å². The molecular formula is C12H18N2OS. The molecule has 0 bridgehead atoms. The van der Waals surface area contributed by atoms with Gasteiger partial charge in [-0.3, -0.25) is 4.79 Å². The van der Waals surface area contributed by atoms with E-state index in [0.29, 0.717) is 18.5 Å². The first kappa shape index (κ1) is 11.6. The Morgan fingerprint density at radius 3 is 3.19 bits per heavy atom. The maximum absolute atomic E-state index is 11.0. The summed E-state index contributed by atoms with van der Waals surface area (Å²) in [6, 6.07) is 5.05. The summed E-state index contributed by atoms with van der Waals surface area (Å²) < 4.78 is 0. The molecule has 1 aliphatic heterocycles. The Balaban J connectivity index is 1.68. The van der Waals surface area contributed by atoms with E-state index in [2.05, 4.69) is 35.1 Å². The van der Waals surface area contributed by atoms with Gasteiger partial charge in [0.1, 0.15) is 0 Å². The van der Waals surface area contributed by atoms with Crippen LogP contribution in [0.3, 0.4) is 0 Å². The molecule has 3 nitrogen and oxygen atoms in total. The number of nitrogens with one attached hydrogen (secondary N) is 2. The number of amides is 1. The number of rotatable bonds is 5. The van der Waals surface area contributed by atoms with E-state index in [4.69, 9.17) is 0 Å². The Bertz CT molecular complexity index is 337.